The number of hydrogen-bond donors (Lipinski definition) is 1. The van der Waals surface area contributed by atoms with Gasteiger partial charge in [-0.3, -0.25) is 0 Å². The molecule has 0 aliphatic carbocycles. The molecule has 0 saturated carbocycles. The van der Waals surface area contributed by atoms with Crippen molar-refractivity contribution in [1.29, 1.82) is 0 Å². The Morgan fingerprint density at radius 3 is 2.67 bits per heavy atom. The summed E-state index contributed by atoms with van der Waals surface area (Å²) in [6, 6.07) is 1.47. The molecule has 2 atom stereocenters. The van der Waals surface area contributed by atoms with Crippen LogP contribution in [0.1, 0.15) is 37.4 Å². The van der Waals surface area contributed by atoms with Gasteiger partial charge in [0.15, 0.2) is 5.82 Å². The Bertz CT molecular complexity index is 391. The molecule has 5 nitrogen and oxygen atoms in total. The summed E-state index contributed by atoms with van der Waals surface area (Å²) >= 11 is 0. The van der Waals surface area contributed by atoms with Gasteiger partial charge < -0.3 is 14.7 Å². The van der Waals surface area contributed by atoms with Crippen LogP contribution < -0.4 is 5.32 Å². The lowest BCUT2D eigenvalue weighted by Crippen LogP contribution is -2.38. The van der Waals surface area contributed by atoms with Crippen LogP contribution in [0.3, 0.4) is 0 Å². The molecule has 1 N–H and O–H groups in total. The molecule has 0 aromatic carbocycles. The first-order valence-corrected chi connectivity index (χ1v) is 6.91. The maximum atomic E-state index is 5.35. The fraction of sp³-hybridized carbons (Fsp3) is 0.846. The molecule has 0 spiro atoms. The Morgan fingerprint density at radius 2 is 2.00 bits per heavy atom. The zero-order valence-corrected chi connectivity index (χ0v) is 11.2. The molecule has 1 aromatic rings. The predicted molar refractivity (Wildman–Crippen MR) is 68.1 cm³/mol. The van der Waals surface area contributed by atoms with Gasteiger partial charge in [0, 0.05) is 18.5 Å². The van der Waals surface area contributed by atoms with E-state index in [-0.39, 0.29) is 0 Å². The van der Waals surface area contributed by atoms with Crippen LogP contribution in [-0.2, 0) is 13.0 Å². The molecule has 0 radical (unpaired) electrons. The standard InChI is InChI=1S/C13H22N4O/c1-17(2)8-12-15-13(18-16-12)7-9-5-10-3-4-11(6-9)14-10/h9-11,14H,3-8H2,1-2H3. The number of rotatable bonds is 4. The van der Waals surface area contributed by atoms with Gasteiger partial charge >= 0.3 is 0 Å². The second-order valence-corrected chi connectivity index (χ2v) is 6.02. The summed E-state index contributed by atoms with van der Waals surface area (Å²) < 4.78 is 5.35. The van der Waals surface area contributed by atoms with Gasteiger partial charge in [0.1, 0.15) is 0 Å². The Balaban J connectivity index is 1.57. The van der Waals surface area contributed by atoms with E-state index in [0.717, 1.165) is 42.7 Å². The minimum absolute atomic E-state index is 0.719. The van der Waals surface area contributed by atoms with E-state index >= 15 is 0 Å². The second kappa shape index (κ2) is 4.97. The molecule has 2 bridgehead atoms. The van der Waals surface area contributed by atoms with Crippen molar-refractivity contribution in [3.8, 4) is 0 Å². The first-order chi connectivity index (χ1) is 8.69. The Hall–Kier alpha value is -0.940. The number of nitrogens with one attached hydrogen (secondary N) is 1. The third-order valence-electron chi connectivity index (χ3n) is 4.00. The summed E-state index contributed by atoms with van der Waals surface area (Å²) in [5.74, 6) is 2.33. The lowest BCUT2D eigenvalue weighted by molar-refractivity contribution is 0.269. The van der Waals surface area contributed by atoms with Crippen molar-refractivity contribution in [2.24, 2.45) is 5.92 Å². The van der Waals surface area contributed by atoms with Crippen molar-refractivity contribution in [2.45, 2.75) is 50.7 Å². The van der Waals surface area contributed by atoms with Crippen molar-refractivity contribution >= 4 is 0 Å². The van der Waals surface area contributed by atoms with Crippen molar-refractivity contribution in [1.82, 2.24) is 20.4 Å². The van der Waals surface area contributed by atoms with Gasteiger partial charge in [-0.05, 0) is 45.7 Å². The first-order valence-electron chi connectivity index (χ1n) is 6.91. The lowest BCUT2D eigenvalue weighted by atomic mass is 9.90. The summed E-state index contributed by atoms with van der Waals surface area (Å²) in [7, 11) is 4.03. The van der Waals surface area contributed by atoms with Crippen molar-refractivity contribution < 1.29 is 4.52 Å². The highest BCUT2D eigenvalue weighted by molar-refractivity contribution is 4.95. The Labute approximate surface area is 108 Å². The van der Waals surface area contributed by atoms with Crippen LogP contribution in [0.4, 0.5) is 0 Å². The van der Waals surface area contributed by atoms with Crippen molar-refractivity contribution in [3.05, 3.63) is 11.7 Å². The molecule has 0 amide bonds. The summed E-state index contributed by atoms with van der Waals surface area (Å²) in [6.45, 7) is 0.751. The molecule has 5 heteroatoms. The van der Waals surface area contributed by atoms with Crippen LogP contribution in [0.2, 0.25) is 0 Å². The van der Waals surface area contributed by atoms with Gasteiger partial charge in [0.25, 0.3) is 0 Å². The van der Waals surface area contributed by atoms with Crippen LogP contribution in [0, 0.1) is 5.92 Å². The molecule has 2 fully saturated rings. The topological polar surface area (TPSA) is 54.2 Å². The van der Waals surface area contributed by atoms with Crippen molar-refractivity contribution in [3.63, 3.8) is 0 Å². The molecule has 2 saturated heterocycles. The largest absolute Gasteiger partial charge is 0.339 e. The Kier molecular flexibility index (Phi) is 3.35. The maximum absolute atomic E-state index is 5.35. The average molecular weight is 250 g/mol. The SMILES string of the molecule is CN(C)Cc1noc(CC2CC3CCC(C2)N3)n1. The molecule has 100 valence electrons. The first kappa shape index (κ1) is 12.1. The summed E-state index contributed by atoms with van der Waals surface area (Å²) in [6.07, 6.45) is 6.17. The fourth-order valence-corrected chi connectivity index (χ4v) is 3.31. The molecule has 2 aliphatic heterocycles. The molecule has 18 heavy (non-hydrogen) atoms. The molecular weight excluding hydrogens is 228 g/mol. The summed E-state index contributed by atoms with van der Waals surface area (Å²) in [5.41, 5.74) is 0. The van der Waals surface area contributed by atoms with E-state index < -0.39 is 0 Å². The number of aromatic nitrogens is 2. The predicted octanol–water partition coefficient (Wildman–Crippen LogP) is 1.20. The molecule has 3 heterocycles. The number of piperidine rings is 1. The van der Waals surface area contributed by atoms with E-state index in [1.165, 1.54) is 25.7 Å². The lowest BCUT2D eigenvalue weighted by Gasteiger charge is -2.28. The third kappa shape index (κ3) is 2.72. The van der Waals surface area contributed by atoms with Gasteiger partial charge in [-0.2, -0.15) is 4.98 Å². The Morgan fingerprint density at radius 1 is 1.28 bits per heavy atom. The fourth-order valence-electron chi connectivity index (χ4n) is 3.31. The van der Waals surface area contributed by atoms with Gasteiger partial charge in [0.2, 0.25) is 5.89 Å². The van der Waals surface area contributed by atoms with Crippen LogP contribution in [0.25, 0.3) is 0 Å². The normalized spacial score (nSPS) is 31.2. The maximum Gasteiger partial charge on any atom is 0.226 e. The van der Waals surface area contributed by atoms with Gasteiger partial charge in [0.05, 0.1) is 6.54 Å². The highest BCUT2D eigenvalue weighted by Crippen LogP contribution is 2.32. The van der Waals surface area contributed by atoms with Gasteiger partial charge in [-0.25, -0.2) is 0 Å². The van der Waals surface area contributed by atoms with Gasteiger partial charge in [-0.1, -0.05) is 5.16 Å². The highest BCUT2D eigenvalue weighted by Gasteiger charge is 2.34. The van der Waals surface area contributed by atoms with E-state index in [2.05, 4.69) is 20.4 Å². The molecule has 2 unspecified atom stereocenters. The highest BCUT2D eigenvalue weighted by atomic mass is 16.5. The smallest absolute Gasteiger partial charge is 0.226 e. The number of hydrogen-bond acceptors (Lipinski definition) is 5. The van der Waals surface area contributed by atoms with Gasteiger partial charge in [-0.15, -0.1) is 0 Å². The van der Waals surface area contributed by atoms with Crippen LogP contribution in [0.5, 0.6) is 0 Å². The molecule has 2 aliphatic rings. The minimum atomic E-state index is 0.719. The quantitative estimate of drug-likeness (QED) is 0.870. The summed E-state index contributed by atoms with van der Waals surface area (Å²) in [4.78, 5) is 6.53. The van der Waals surface area contributed by atoms with E-state index in [4.69, 9.17) is 4.52 Å². The zero-order valence-electron chi connectivity index (χ0n) is 11.2. The second-order valence-electron chi connectivity index (χ2n) is 6.02. The van der Waals surface area contributed by atoms with Crippen LogP contribution in [0.15, 0.2) is 4.52 Å². The number of fused-ring (bicyclic) bond motifs is 2. The molecule has 3 rings (SSSR count). The van der Waals surface area contributed by atoms with Crippen LogP contribution >= 0.6 is 0 Å². The van der Waals surface area contributed by atoms with E-state index in [9.17, 15) is 0 Å². The average Bonchev–Trinajstić information content (AvgIpc) is 2.85. The zero-order chi connectivity index (χ0) is 12.5. The minimum Gasteiger partial charge on any atom is -0.339 e. The number of nitrogens with zero attached hydrogens (tertiary/aromatic N) is 3. The monoisotopic (exact) mass is 250 g/mol. The van der Waals surface area contributed by atoms with Crippen molar-refractivity contribution in [2.75, 3.05) is 14.1 Å². The molecule has 1 aromatic heterocycles. The van der Waals surface area contributed by atoms with E-state index in [1.807, 2.05) is 14.1 Å². The van der Waals surface area contributed by atoms with Crippen LogP contribution in [-0.4, -0.2) is 41.2 Å². The molecular formula is C13H22N4O. The van der Waals surface area contributed by atoms with E-state index in [0.29, 0.717) is 0 Å². The summed E-state index contributed by atoms with van der Waals surface area (Å²) in [5, 5.41) is 7.70. The van der Waals surface area contributed by atoms with E-state index in [1.54, 1.807) is 0 Å². The third-order valence-corrected chi connectivity index (χ3v) is 4.00.